The van der Waals surface area contributed by atoms with Gasteiger partial charge in [0.15, 0.2) is 0 Å². The van der Waals surface area contributed by atoms with Crippen molar-refractivity contribution >= 4 is 0 Å². The average Bonchev–Trinajstić information content (AvgIpc) is 2.65. The second-order valence-electron chi connectivity index (χ2n) is 12.3. The maximum Gasteiger partial charge on any atom is -0.0266 e. The zero-order valence-electron chi connectivity index (χ0n) is 20.9. The molecule has 2 aliphatic carbocycles. The van der Waals surface area contributed by atoms with E-state index in [1.165, 1.54) is 77.0 Å². The Kier molecular flexibility index (Phi) is 8.97. The van der Waals surface area contributed by atoms with E-state index in [9.17, 15) is 0 Å². The van der Waals surface area contributed by atoms with Crippen molar-refractivity contribution in [2.24, 2.45) is 46.3 Å². The average molecular weight is 391 g/mol. The molecule has 2 aliphatic rings. The molecule has 0 aromatic heterocycles. The predicted molar refractivity (Wildman–Crippen MR) is 127 cm³/mol. The minimum absolute atomic E-state index is 0.516. The number of fused-ring (bicyclic) bond motifs is 1. The van der Waals surface area contributed by atoms with E-state index in [1.54, 1.807) is 0 Å². The highest BCUT2D eigenvalue weighted by atomic mass is 14.5. The van der Waals surface area contributed by atoms with Gasteiger partial charge in [-0.1, -0.05) is 87.5 Å². The van der Waals surface area contributed by atoms with E-state index < -0.39 is 0 Å². The quantitative estimate of drug-likeness (QED) is 0.348. The van der Waals surface area contributed by atoms with Crippen LogP contribution in [-0.2, 0) is 0 Å². The van der Waals surface area contributed by atoms with Crippen LogP contribution in [0.4, 0.5) is 0 Å². The van der Waals surface area contributed by atoms with Gasteiger partial charge in [-0.2, -0.15) is 0 Å². The van der Waals surface area contributed by atoms with Crippen LogP contribution in [0.3, 0.4) is 0 Å². The van der Waals surface area contributed by atoms with E-state index in [2.05, 4.69) is 55.4 Å². The van der Waals surface area contributed by atoms with Gasteiger partial charge >= 0.3 is 0 Å². The highest BCUT2D eigenvalue weighted by Gasteiger charge is 2.50. The molecule has 0 nitrogen and oxygen atoms in total. The maximum atomic E-state index is 2.71. The fraction of sp³-hybridized carbons (Fsp3) is 1.00. The van der Waals surface area contributed by atoms with Gasteiger partial charge in [-0.05, 0) is 91.3 Å². The van der Waals surface area contributed by atoms with Gasteiger partial charge in [-0.3, -0.25) is 0 Å². The van der Waals surface area contributed by atoms with Crippen LogP contribution in [0, 0.1) is 46.3 Å². The molecule has 2 rings (SSSR count). The zero-order chi connectivity index (χ0) is 20.9. The number of unbranched alkanes of at least 4 members (excludes halogenated alkanes) is 1. The Morgan fingerprint density at radius 3 is 2.36 bits per heavy atom. The smallest absolute Gasteiger partial charge is 0.0266 e. The van der Waals surface area contributed by atoms with Crippen LogP contribution in [0.15, 0.2) is 0 Å². The van der Waals surface area contributed by atoms with Crippen molar-refractivity contribution in [1.29, 1.82) is 0 Å². The minimum Gasteiger partial charge on any atom is -0.0654 e. The summed E-state index contributed by atoms with van der Waals surface area (Å²) in [4.78, 5) is 0. The van der Waals surface area contributed by atoms with E-state index >= 15 is 0 Å². The molecule has 0 bridgehead atoms. The van der Waals surface area contributed by atoms with Crippen LogP contribution in [0.1, 0.15) is 132 Å². The summed E-state index contributed by atoms with van der Waals surface area (Å²) in [5.41, 5.74) is 1.16. The lowest BCUT2D eigenvalue weighted by Crippen LogP contribution is -2.48. The first-order chi connectivity index (χ1) is 13.2. The molecule has 7 unspecified atom stereocenters. The molecule has 166 valence electrons. The third kappa shape index (κ3) is 5.57. The minimum atomic E-state index is 0.516. The van der Waals surface area contributed by atoms with E-state index in [0.717, 1.165) is 35.5 Å². The van der Waals surface area contributed by atoms with Gasteiger partial charge in [0.25, 0.3) is 0 Å². The van der Waals surface area contributed by atoms with Gasteiger partial charge in [0.2, 0.25) is 0 Å². The van der Waals surface area contributed by atoms with Crippen molar-refractivity contribution in [2.75, 3.05) is 0 Å². The Balaban J connectivity index is 2.00. The van der Waals surface area contributed by atoms with Crippen molar-refractivity contribution in [3.63, 3.8) is 0 Å². The zero-order valence-corrected chi connectivity index (χ0v) is 20.9. The van der Waals surface area contributed by atoms with Crippen LogP contribution in [0.2, 0.25) is 0 Å². The maximum absolute atomic E-state index is 2.71. The first kappa shape index (κ1) is 24.3. The summed E-state index contributed by atoms with van der Waals surface area (Å²) < 4.78 is 0. The highest BCUT2D eigenvalue weighted by molar-refractivity contribution is 5.00. The second-order valence-corrected chi connectivity index (χ2v) is 12.3. The molecule has 0 aromatic rings. The molecular weight excluding hydrogens is 336 g/mol. The molecule has 0 radical (unpaired) electrons. The second kappa shape index (κ2) is 10.3. The molecule has 0 heterocycles. The van der Waals surface area contributed by atoms with Crippen molar-refractivity contribution in [2.45, 2.75) is 132 Å². The lowest BCUT2D eigenvalue weighted by molar-refractivity contribution is -0.0679. The van der Waals surface area contributed by atoms with Crippen molar-refractivity contribution in [3.05, 3.63) is 0 Å². The Hall–Kier alpha value is 0. The molecule has 0 aliphatic heterocycles. The fourth-order valence-electron chi connectivity index (χ4n) is 7.19. The topological polar surface area (TPSA) is 0 Å². The summed E-state index contributed by atoms with van der Waals surface area (Å²) >= 11 is 0. The Morgan fingerprint density at radius 2 is 1.71 bits per heavy atom. The van der Waals surface area contributed by atoms with Crippen LogP contribution in [0.5, 0.6) is 0 Å². The SMILES string of the molecule is CCCCC(C)(C)C(C)CCC(C)C1CCC2CC(C)CCC2(C)C1CCC. The van der Waals surface area contributed by atoms with Crippen molar-refractivity contribution in [1.82, 2.24) is 0 Å². The third-order valence-electron chi connectivity index (χ3n) is 9.90. The summed E-state index contributed by atoms with van der Waals surface area (Å²) in [5.74, 6) is 5.73. The number of hydrogen-bond donors (Lipinski definition) is 0. The molecule has 2 fully saturated rings. The first-order valence-electron chi connectivity index (χ1n) is 13.2. The first-order valence-corrected chi connectivity index (χ1v) is 13.2. The molecule has 0 aromatic carbocycles. The lowest BCUT2D eigenvalue weighted by Gasteiger charge is -2.56. The molecule has 0 saturated heterocycles. The molecule has 0 N–H and O–H groups in total. The van der Waals surface area contributed by atoms with Crippen molar-refractivity contribution in [3.8, 4) is 0 Å². The molecule has 28 heavy (non-hydrogen) atoms. The number of rotatable bonds is 10. The standard InChI is InChI=1S/C28H54/c1-9-11-18-27(6,7)23(5)14-13-22(4)25-16-15-24-20-21(3)17-19-28(24,8)26(25)12-10-2/h21-26H,9-20H2,1-8H3. The normalized spacial score (nSPS) is 36.0. The van der Waals surface area contributed by atoms with E-state index in [-0.39, 0.29) is 0 Å². The molecule has 7 atom stereocenters. The van der Waals surface area contributed by atoms with Gasteiger partial charge < -0.3 is 0 Å². The van der Waals surface area contributed by atoms with Crippen LogP contribution in [-0.4, -0.2) is 0 Å². The molecular formula is C28H54. The predicted octanol–water partition coefficient (Wildman–Crippen LogP) is 9.52. The third-order valence-corrected chi connectivity index (χ3v) is 9.90. The van der Waals surface area contributed by atoms with Gasteiger partial charge in [0.1, 0.15) is 0 Å². The van der Waals surface area contributed by atoms with E-state index in [4.69, 9.17) is 0 Å². The van der Waals surface area contributed by atoms with Gasteiger partial charge in [-0.25, -0.2) is 0 Å². The fourth-order valence-corrected chi connectivity index (χ4v) is 7.19. The Morgan fingerprint density at radius 1 is 1.00 bits per heavy atom. The molecule has 2 saturated carbocycles. The van der Waals surface area contributed by atoms with Crippen LogP contribution in [0.25, 0.3) is 0 Å². The van der Waals surface area contributed by atoms with Gasteiger partial charge in [-0.15, -0.1) is 0 Å². The Bertz CT molecular complexity index is 449. The Labute approximate surface area is 179 Å². The van der Waals surface area contributed by atoms with Crippen LogP contribution < -0.4 is 0 Å². The molecule has 0 amide bonds. The summed E-state index contributed by atoms with van der Waals surface area (Å²) in [5, 5.41) is 0. The summed E-state index contributed by atoms with van der Waals surface area (Å²) in [6.45, 7) is 20.2. The van der Waals surface area contributed by atoms with E-state index in [1.807, 2.05) is 0 Å². The summed E-state index contributed by atoms with van der Waals surface area (Å²) in [7, 11) is 0. The van der Waals surface area contributed by atoms with Gasteiger partial charge in [0, 0.05) is 0 Å². The number of hydrogen-bond acceptors (Lipinski definition) is 0. The lowest BCUT2D eigenvalue weighted by atomic mass is 9.49. The molecule has 0 heteroatoms. The van der Waals surface area contributed by atoms with E-state index in [0.29, 0.717) is 10.8 Å². The van der Waals surface area contributed by atoms with Crippen molar-refractivity contribution < 1.29 is 0 Å². The van der Waals surface area contributed by atoms with Crippen LogP contribution >= 0.6 is 0 Å². The van der Waals surface area contributed by atoms with Gasteiger partial charge in [0.05, 0.1) is 0 Å². The molecule has 0 spiro atoms. The monoisotopic (exact) mass is 390 g/mol. The summed E-state index contributed by atoms with van der Waals surface area (Å²) in [6, 6.07) is 0. The largest absolute Gasteiger partial charge is 0.0654 e. The summed E-state index contributed by atoms with van der Waals surface area (Å²) in [6.07, 6.45) is 17.4. The highest BCUT2D eigenvalue weighted by Crippen LogP contribution is 2.59.